The lowest BCUT2D eigenvalue weighted by Gasteiger charge is -2.17. The van der Waals surface area contributed by atoms with Crippen LogP contribution in [0.1, 0.15) is 50.7 Å². The molecule has 1 aliphatic carbocycles. The maximum absolute atomic E-state index is 6.09. The number of fused-ring (bicyclic) bond motifs is 1. The molecule has 0 bridgehead atoms. The van der Waals surface area contributed by atoms with Crippen molar-refractivity contribution in [2.24, 2.45) is 5.92 Å². The van der Waals surface area contributed by atoms with E-state index < -0.39 is 0 Å². The number of hydrogen-bond donors (Lipinski definition) is 0. The minimum absolute atomic E-state index is 0.452. The minimum atomic E-state index is 0.452. The smallest absolute Gasteiger partial charge is 0.159 e. The van der Waals surface area contributed by atoms with Gasteiger partial charge in [0.2, 0.25) is 0 Å². The molecule has 2 aromatic rings. The van der Waals surface area contributed by atoms with Crippen molar-refractivity contribution < 1.29 is 0 Å². The molecule has 1 saturated carbocycles. The van der Waals surface area contributed by atoms with E-state index in [1.165, 1.54) is 19.3 Å². The Balaban J connectivity index is 2.12. The third kappa shape index (κ3) is 2.16. The molecular weight excluding hydrogens is 260 g/mol. The topological polar surface area (TPSA) is 35.6 Å². The number of imidazole rings is 1. The Labute approximate surface area is 118 Å². The first-order valence-corrected chi connectivity index (χ1v) is 7.69. The van der Waals surface area contributed by atoms with Gasteiger partial charge < -0.3 is 4.57 Å². The lowest BCUT2D eigenvalue weighted by molar-refractivity contribution is 0.466. The van der Waals surface area contributed by atoms with Crippen LogP contribution in [0.5, 0.6) is 0 Å². The summed E-state index contributed by atoms with van der Waals surface area (Å²) >= 11 is 6.09. The molecule has 0 radical (unpaired) electrons. The second-order valence-corrected chi connectivity index (χ2v) is 5.90. The molecule has 1 unspecified atom stereocenters. The van der Waals surface area contributed by atoms with Crippen molar-refractivity contribution in [3.8, 4) is 0 Å². The van der Waals surface area contributed by atoms with E-state index in [1.807, 2.05) is 6.92 Å². The summed E-state index contributed by atoms with van der Waals surface area (Å²) in [6.07, 6.45) is 3.98. The molecule has 0 aliphatic heterocycles. The second-order valence-electron chi connectivity index (χ2n) is 5.63. The number of halogens is 1. The quantitative estimate of drug-likeness (QED) is 0.784. The Bertz CT molecular complexity index is 594. The van der Waals surface area contributed by atoms with E-state index in [0.717, 1.165) is 35.1 Å². The van der Waals surface area contributed by atoms with Crippen LogP contribution in [0.2, 0.25) is 0 Å². The molecule has 0 amide bonds. The van der Waals surface area contributed by atoms with Gasteiger partial charge in [0, 0.05) is 12.6 Å². The van der Waals surface area contributed by atoms with Crippen molar-refractivity contribution in [1.82, 2.24) is 19.3 Å². The molecule has 0 N–H and O–H groups in total. The predicted octanol–water partition coefficient (Wildman–Crippen LogP) is 3.66. The van der Waals surface area contributed by atoms with Crippen LogP contribution in [0.3, 0.4) is 0 Å². The zero-order valence-corrected chi connectivity index (χ0v) is 12.6. The molecule has 1 aliphatic rings. The lowest BCUT2D eigenvalue weighted by Crippen LogP contribution is -2.13. The highest BCUT2D eigenvalue weighted by molar-refractivity contribution is 6.16. The highest BCUT2D eigenvalue weighted by Gasteiger charge is 2.27. The molecule has 2 heterocycles. The van der Waals surface area contributed by atoms with Crippen LogP contribution in [0.4, 0.5) is 0 Å². The SMILES string of the molecule is CCn1nc(C)c2nc(CCl)n(C(C)CC3CC3)c21. The molecule has 104 valence electrons. The highest BCUT2D eigenvalue weighted by atomic mass is 35.5. The molecule has 3 rings (SSSR count). The van der Waals surface area contributed by atoms with Crippen LogP contribution in [0, 0.1) is 12.8 Å². The average Bonchev–Trinajstić information content (AvgIpc) is 3.03. The fourth-order valence-corrected chi connectivity index (χ4v) is 3.14. The average molecular weight is 281 g/mol. The van der Waals surface area contributed by atoms with Gasteiger partial charge in [-0.25, -0.2) is 9.67 Å². The summed E-state index contributed by atoms with van der Waals surface area (Å²) in [6.45, 7) is 7.29. The van der Waals surface area contributed by atoms with Gasteiger partial charge in [0.05, 0.1) is 11.6 Å². The van der Waals surface area contributed by atoms with Crippen LogP contribution < -0.4 is 0 Å². The lowest BCUT2D eigenvalue weighted by atomic mass is 10.1. The number of hydrogen-bond acceptors (Lipinski definition) is 2. The first-order chi connectivity index (χ1) is 9.15. The van der Waals surface area contributed by atoms with Crippen LogP contribution in [0.15, 0.2) is 0 Å². The Kier molecular flexibility index (Phi) is 3.29. The molecule has 2 aromatic heterocycles. The Hall–Kier alpha value is -1.03. The number of aryl methyl sites for hydroxylation is 2. The van der Waals surface area contributed by atoms with Crippen LogP contribution in [-0.2, 0) is 12.4 Å². The third-order valence-corrected chi connectivity index (χ3v) is 4.29. The van der Waals surface area contributed by atoms with Crippen molar-refractivity contribution in [2.45, 2.75) is 58.5 Å². The van der Waals surface area contributed by atoms with E-state index >= 15 is 0 Å². The van der Waals surface area contributed by atoms with E-state index in [4.69, 9.17) is 16.6 Å². The molecule has 1 atom stereocenters. The standard InChI is InChI=1S/C14H21ClN4/c1-4-18-14-13(10(3)17-18)16-12(8-15)19(14)9(2)7-11-5-6-11/h9,11H,4-8H2,1-3H3. The molecule has 19 heavy (non-hydrogen) atoms. The number of rotatable bonds is 5. The van der Waals surface area contributed by atoms with Crippen molar-refractivity contribution in [3.05, 3.63) is 11.5 Å². The van der Waals surface area contributed by atoms with Crippen LogP contribution >= 0.6 is 11.6 Å². The Morgan fingerprint density at radius 2 is 2.16 bits per heavy atom. The van der Waals surface area contributed by atoms with E-state index in [9.17, 15) is 0 Å². The summed E-state index contributed by atoms with van der Waals surface area (Å²) in [5.74, 6) is 2.34. The highest BCUT2D eigenvalue weighted by Crippen LogP contribution is 2.38. The molecule has 5 heteroatoms. The first kappa shape index (κ1) is 13.0. The first-order valence-electron chi connectivity index (χ1n) is 7.15. The van der Waals surface area contributed by atoms with Crippen LogP contribution in [0.25, 0.3) is 11.2 Å². The molecule has 0 aromatic carbocycles. The van der Waals surface area contributed by atoms with Gasteiger partial charge in [-0.05, 0) is 33.1 Å². The molecular formula is C14H21ClN4. The van der Waals surface area contributed by atoms with Gasteiger partial charge in [-0.3, -0.25) is 0 Å². The summed E-state index contributed by atoms with van der Waals surface area (Å²) in [5.41, 5.74) is 3.16. The number of aromatic nitrogens is 4. The van der Waals surface area contributed by atoms with Crippen molar-refractivity contribution in [2.75, 3.05) is 0 Å². The van der Waals surface area contributed by atoms with Crippen molar-refractivity contribution in [1.29, 1.82) is 0 Å². The van der Waals surface area contributed by atoms with E-state index in [1.54, 1.807) is 0 Å². The Morgan fingerprint density at radius 3 is 2.74 bits per heavy atom. The Morgan fingerprint density at radius 1 is 1.42 bits per heavy atom. The molecule has 4 nitrogen and oxygen atoms in total. The van der Waals surface area contributed by atoms with Crippen LogP contribution in [-0.4, -0.2) is 19.3 Å². The van der Waals surface area contributed by atoms with E-state index in [2.05, 4.69) is 28.2 Å². The van der Waals surface area contributed by atoms with Crippen molar-refractivity contribution in [3.63, 3.8) is 0 Å². The largest absolute Gasteiger partial charge is 0.309 e. The van der Waals surface area contributed by atoms with Gasteiger partial charge in [0.1, 0.15) is 11.3 Å². The summed E-state index contributed by atoms with van der Waals surface area (Å²) < 4.78 is 4.36. The minimum Gasteiger partial charge on any atom is -0.309 e. The van der Waals surface area contributed by atoms with Gasteiger partial charge in [0.15, 0.2) is 5.65 Å². The van der Waals surface area contributed by atoms with Gasteiger partial charge >= 0.3 is 0 Å². The summed E-state index contributed by atoms with van der Waals surface area (Å²) in [4.78, 5) is 4.70. The zero-order chi connectivity index (χ0) is 13.6. The number of alkyl halides is 1. The zero-order valence-electron chi connectivity index (χ0n) is 11.9. The van der Waals surface area contributed by atoms with Gasteiger partial charge in [0.25, 0.3) is 0 Å². The second kappa shape index (κ2) is 4.82. The van der Waals surface area contributed by atoms with Gasteiger partial charge in [-0.15, -0.1) is 11.6 Å². The summed E-state index contributed by atoms with van der Waals surface area (Å²) in [6, 6.07) is 0.452. The number of nitrogens with zero attached hydrogens (tertiary/aromatic N) is 4. The third-order valence-electron chi connectivity index (χ3n) is 4.05. The van der Waals surface area contributed by atoms with E-state index in [0.29, 0.717) is 11.9 Å². The fraction of sp³-hybridized carbons (Fsp3) is 0.714. The van der Waals surface area contributed by atoms with Gasteiger partial charge in [-0.2, -0.15) is 5.10 Å². The van der Waals surface area contributed by atoms with Gasteiger partial charge in [-0.1, -0.05) is 12.8 Å². The molecule has 0 spiro atoms. The monoisotopic (exact) mass is 280 g/mol. The maximum atomic E-state index is 6.09. The van der Waals surface area contributed by atoms with Crippen molar-refractivity contribution >= 4 is 22.8 Å². The summed E-state index contributed by atoms with van der Waals surface area (Å²) in [7, 11) is 0. The summed E-state index contributed by atoms with van der Waals surface area (Å²) in [5, 5.41) is 4.57. The maximum Gasteiger partial charge on any atom is 0.159 e. The molecule has 0 saturated heterocycles. The normalized spacial score (nSPS) is 17.3. The fourth-order valence-electron chi connectivity index (χ4n) is 2.95. The molecule has 1 fully saturated rings. The van der Waals surface area contributed by atoms with E-state index in [-0.39, 0.29) is 0 Å². The predicted molar refractivity (Wildman–Crippen MR) is 77.5 cm³/mol.